The minimum atomic E-state index is -0.811. The van der Waals surface area contributed by atoms with Gasteiger partial charge >= 0.3 is 11.4 Å². The van der Waals surface area contributed by atoms with E-state index < -0.39 is 35.4 Å². The van der Waals surface area contributed by atoms with Gasteiger partial charge in [0.15, 0.2) is 0 Å². The van der Waals surface area contributed by atoms with Gasteiger partial charge in [-0.1, -0.05) is 0 Å². The molecule has 2 aliphatic heterocycles. The Bertz CT molecular complexity index is 1050. The zero-order valence-electron chi connectivity index (χ0n) is 16.5. The number of rotatable bonds is 4. The molecule has 13 heteroatoms. The molecule has 2 fully saturated rings. The fraction of sp³-hybridized carbons (Fsp3) is 0.556. The van der Waals surface area contributed by atoms with Gasteiger partial charge in [-0.15, -0.1) is 0 Å². The number of aliphatic hydroxyl groups is 3. The Kier molecular flexibility index (Phi) is 7.35. The predicted molar refractivity (Wildman–Crippen MR) is 106 cm³/mol. The lowest BCUT2D eigenvalue weighted by molar-refractivity contribution is -0.0459. The third-order valence-corrected chi connectivity index (χ3v) is 5.00. The van der Waals surface area contributed by atoms with E-state index in [4.69, 9.17) is 25.4 Å². The van der Waals surface area contributed by atoms with E-state index in [0.717, 1.165) is 6.42 Å². The van der Waals surface area contributed by atoms with Crippen LogP contribution in [-0.2, 0) is 9.47 Å². The van der Waals surface area contributed by atoms with E-state index in [9.17, 15) is 19.5 Å². The molecule has 0 aliphatic carbocycles. The zero-order valence-corrected chi connectivity index (χ0v) is 16.5. The van der Waals surface area contributed by atoms with Crippen LogP contribution in [0.5, 0.6) is 0 Å². The fourth-order valence-corrected chi connectivity index (χ4v) is 3.38. The Morgan fingerprint density at radius 2 is 1.81 bits per heavy atom. The highest BCUT2D eigenvalue weighted by molar-refractivity contribution is 5.23. The van der Waals surface area contributed by atoms with Crippen LogP contribution in [0.25, 0.3) is 0 Å². The van der Waals surface area contributed by atoms with Gasteiger partial charge in [0.25, 0.3) is 5.56 Å². The average Bonchev–Trinajstić information content (AvgIpc) is 3.35. The summed E-state index contributed by atoms with van der Waals surface area (Å²) in [4.78, 5) is 39.4. The second-order valence-corrected chi connectivity index (χ2v) is 7.15. The minimum Gasteiger partial charge on any atom is -0.394 e. The van der Waals surface area contributed by atoms with Crippen LogP contribution in [0.1, 0.15) is 31.7 Å². The van der Waals surface area contributed by atoms with E-state index in [2.05, 4.69) is 9.97 Å². The van der Waals surface area contributed by atoms with Crippen molar-refractivity contribution < 1.29 is 24.8 Å². The van der Waals surface area contributed by atoms with Crippen LogP contribution in [0.4, 0.5) is 5.82 Å². The quantitative estimate of drug-likeness (QED) is 0.345. The largest absolute Gasteiger partial charge is 0.394 e. The van der Waals surface area contributed by atoms with Crippen molar-refractivity contribution in [2.75, 3.05) is 18.9 Å². The number of H-pyrrole nitrogens is 1. The van der Waals surface area contributed by atoms with Crippen LogP contribution < -0.4 is 22.7 Å². The van der Waals surface area contributed by atoms with E-state index >= 15 is 0 Å². The summed E-state index contributed by atoms with van der Waals surface area (Å²) in [5.74, 6) is 0.202. The molecule has 0 unspecified atom stereocenters. The highest BCUT2D eigenvalue weighted by Crippen LogP contribution is 2.27. The van der Waals surface area contributed by atoms with Crippen LogP contribution in [0.2, 0.25) is 0 Å². The van der Waals surface area contributed by atoms with Crippen molar-refractivity contribution in [3.05, 3.63) is 55.8 Å². The van der Waals surface area contributed by atoms with Gasteiger partial charge in [-0.25, -0.2) is 9.59 Å². The number of nitrogens with one attached hydrogen (secondary N) is 1. The maximum Gasteiger partial charge on any atom is 0.351 e. The molecule has 0 amide bonds. The molecule has 2 saturated heterocycles. The number of aromatic amines is 1. The molecule has 5 atom stereocenters. The molecule has 4 rings (SSSR count). The van der Waals surface area contributed by atoms with Gasteiger partial charge in [0.1, 0.15) is 24.4 Å². The van der Waals surface area contributed by atoms with Gasteiger partial charge in [0, 0.05) is 24.9 Å². The fourth-order valence-electron chi connectivity index (χ4n) is 3.38. The molecule has 0 bridgehead atoms. The molecule has 31 heavy (non-hydrogen) atoms. The van der Waals surface area contributed by atoms with E-state index in [1.807, 2.05) is 0 Å². The van der Waals surface area contributed by atoms with Crippen molar-refractivity contribution in [2.45, 2.75) is 50.0 Å². The van der Waals surface area contributed by atoms with Gasteiger partial charge in [-0.2, -0.15) is 4.98 Å². The second-order valence-electron chi connectivity index (χ2n) is 7.15. The van der Waals surface area contributed by atoms with Gasteiger partial charge in [0.2, 0.25) is 0 Å². The normalized spacial score (nSPS) is 27.6. The topological polar surface area (TPSA) is 195 Å². The standard InChI is InChI=1S/C9H13N3O3.C9H12N2O5/c10-7-3-4-12(9(14)11-7)8-2-1-6(5-13)15-8;12-4-6-5(13)3-8(16-6)11-2-1-7(14)10-9(11)15/h3-4,6,8,13H,1-2,5H2,(H2,10,11,14);1-2,5-6,8,12-13H,3-4H2,(H,10,14,15)/t6-,8+;5-,6+,8+/m00/s1. The Balaban J connectivity index is 0.000000176. The number of hydrogen-bond donors (Lipinski definition) is 5. The maximum atomic E-state index is 11.5. The third-order valence-electron chi connectivity index (χ3n) is 5.00. The number of hydrogen-bond acceptors (Lipinski definition) is 10. The smallest absolute Gasteiger partial charge is 0.351 e. The van der Waals surface area contributed by atoms with E-state index in [1.54, 1.807) is 12.3 Å². The predicted octanol–water partition coefficient (Wildman–Crippen LogP) is -2.33. The molecule has 13 nitrogen and oxygen atoms in total. The number of nitrogen functional groups attached to an aromatic ring is 1. The molecule has 4 heterocycles. The highest BCUT2D eigenvalue weighted by atomic mass is 16.5. The van der Waals surface area contributed by atoms with Crippen LogP contribution in [0.3, 0.4) is 0 Å². The Morgan fingerprint density at radius 1 is 1.06 bits per heavy atom. The van der Waals surface area contributed by atoms with Crippen molar-refractivity contribution >= 4 is 5.82 Å². The highest BCUT2D eigenvalue weighted by Gasteiger charge is 2.34. The number of aliphatic hydroxyl groups excluding tert-OH is 3. The van der Waals surface area contributed by atoms with E-state index in [0.29, 0.717) is 6.42 Å². The number of aromatic nitrogens is 4. The summed E-state index contributed by atoms with van der Waals surface area (Å²) in [6, 6.07) is 2.75. The van der Waals surface area contributed by atoms with Crippen molar-refractivity contribution in [3.63, 3.8) is 0 Å². The third kappa shape index (κ3) is 5.45. The summed E-state index contributed by atoms with van der Waals surface area (Å²) < 4.78 is 13.3. The Morgan fingerprint density at radius 3 is 2.39 bits per heavy atom. The molecule has 2 aromatic heterocycles. The van der Waals surface area contributed by atoms with Crippen molar-refractivity contribution in [1.29, 1.82) is 0 Å². The van der Waals surface area contributed by atoms with Crippen LogP contribution in [0.15, 0.2) is 38.9 Å². The molecule has 0 saturated carbocycles. The van der Waals surface area contributed by atoms with Crippen molar-refractivity contribution in [3.8, 4) is 0 Å². The molecule has 2 aliphatic rings. The summed E-state index contributed by atoms with van der Waals surface area (Å²) in [6.45, 7) is -0.330. The molecular weight excluding hydrogens is 414 g/mol. The Labute approximate surface area is 175 Å². The lowest BCUT2D eigenvalue weighted by Gasteiger charge is -2.14. The SMILES string of the molecule is Nc1ccn([C@H]2CC[C@@H](CO)O2)c(=O)n1.O=c1ccn([C@H]2C[C@H](O)[C@@H](CO)O2)c(=O)[nH]1. The molecule has 170 valence electrons. The average molecular weight is 439 g/mol. The summed E-state index contributed by atoms with van der Waals surface area (Å²) in [7, 11) is 0. The van der Waals surface area contributed by atoms with Gasteiger partial charge in [-0.3, -0.25) is 18.9 Å². The second kappa shape index (κ2) is 9.98. The van der Waals surface area contributed by atoms with E-state index in [-0.39, 0.29) is 37.8 Å². The van der Waals surface area contributed by atoms with Crippen LogP contribution in [0, 0.1) is 0 Å². The maximum absolute atomic E-state index is 11.5. The minimum absolute atomic E-state index is 0.0202. The summed E-state index contributed by atoms with van der Waals surface area (Å²) >= 11 is 0. The summed E-state index contributed by atoms with van der Waals surface area (Å²) in [5, 5.41) is 27.3. The first-order chi connectivity index (χ1) is 14.8. The lowest BCUT2D eigenvalue weighted by atomic mass is 10.2. The molecule has 0 spiro atoms. The molecule has 0 aromatic carbocycles. The number of nitrogens with zero attached hydrogens (tertiary/aromatic N) is 3. The monoisotopic (exact) mass is 439 g/mol. The van der Waals surface area contributed by atoms with Crippen molar-refractivity contribution in [2.24, 2.45) is 0 Å². The van der Waals surface area contributed by atoms with Crippen LogP contribution >= 0.6 is 0 Å². The lowest BCUT2D eigenvalue weighted by Crippen LogP contribution is -2.31. The number of nitrogens with two attached hydrogens (primary N) is 1. The first kappa shape index (κ1) is 22.8. The van der Waals surface area contributed by atoms with Crippen LogP contribution in [-0.4, -0.2) is 65.9 Å². The van der Waals surface area contributed by atoms with Gasteiger partial charge in [-0.05, 0) is 18.9 Å². The first-order valence-corrected chi connectivity index (χ1v) is 9.69. The summed E-state index contributed by atoms with van der Waals surface area (Å²) in [5.41, 5.74) is 3.87. The van der Waals surface area contributed by atoms with Gasteiger partial charge in [0.05, 0.1) is 25.4 Å². The first-order valence-electron chi connectivity index (χ1n) is 9.69. The molecular formula is C18H25N5O8. The van der Waals surface area contributed by atoms with Gasteiger partial charge < -0.3 is 30.5 Å². The zero-order chi connectivity index (χ0) is 22.5. The molecule has 6 N–H and O–H groups in total. The van der Waals surface area contributed by atoms with E-state index in [1.165, 1.54) is 21.4 Å². The number of anilines is 1. The molecule has 2 aromatic rings. The summed E-state index contributed by atoms with van der Waals surface area (Å²) in [6.07, 6.45) is 1.86. The van der Waals surface area contributed by atoms with Crippen molar-refractivity contribution in [1.82, 2.24) is 19.1 Å². The number of ether oxygens (including phenoxy) is 2. The Hall–Kier alpha value is -2.84. The molecule has 0 radical (unpaired) electrons.